The van der Waals surface area contributed by atoms with Crippen LogP contribution in [0.1, 0.15) is 111 Å². The summed E-state index contributed by atoms with van der Waals surface area (Å²) in [6.07, 6.45) is 18.4. The standard InChI is InChI=1S/C37H86O9Si5/c1-13-16-27-47(28-17-14-2,29-18-15-3)30-22-20-19-21-23-31-48(32-24-35-49(38-4,39-5)40-6,33-25-36-50(41-7,42-8)43-9)34-26-37-51(44-10,45-11)46-12/h13-37H2,1-12H3. The van der Waals surface area contributed by atoms with Crippen LogP contribution in [-0.2, 0) is 39.8 Å². The van der Waals surface area contributed by atoms with Gasteiger partial charge in [-0.25, -0.2) is 0 Å². The van der Waals surface area contributed by atoms with Crippen molar-refractivity contribution in [2.75, 3.05) is 64.0 Å². The zero-order valence-electron chi connectivity index (χ0n) is 35.9. The van der Waals surface area contributed by atoms with E-state index >= 15 is 0 Å². The lowest BCUT2D eigenvalue weighted by Gasteiger charge is -2.35. The molecule has 0 saturated carbocycles. The summed E-state index contributed by atoms with van der Waals surface area (Å²) in [4.78, 5) is 0. The Morgan fingerprint density at radius 3 is 0.647 bits per heavy atom. The predicted molar refractivity (Wildman–Crippen MR) is 226 cm³/mol. The van der Waals surface area contributed by atoms with E-state index in [1.165, 1.54) is 94.8 Å². The van der Waals surface area contributed by atoms with Gasteiger partial charge in [-0.15, -0.1) is 0 Å². The minimum absolute atomic E-state index is 0.838. The fourth-order valence-corrected chi connectivity index (χ4v) is 25.7. The average Bonchev–Trinajstić information content (AvgIpc) is 3.17. The van der Waals surface area contributed by atoms with Gasteiger partial charge in [0.05, 0.1) is 16.1 Å². The van der Waals surface area contributed by atoms with Gasteiger partial charge in [0.15, 0.2) is 0 Å². The summed E-state index contributed by atoms with van der Waals surface area (Å²) in [7, 11) is 4.64. The van der Waals surface area contributed by atoms with E-state index < -0.39 is 42.6 Å². The third kappa shape index (κ3) is 19.4. The number of unbranched alkanes of at least 4 members (excludes halogenated alkanes) is 7. The lowest BCUT2D eigenvalue weighted by atomic mass is 10.2. The van der Waals surface area contributed by atoms with E-state index in [2.05, 4.69) is 20.8 Å². The van der Waals surface area contributed by atoms with Crippen LogP contribution in [0.5, 0.6) is 0 Å². The molecule has 0 aromatic carbocycles. The van der Waals surface area contributed by atoms with Crippen molar-refractivity contribution in [2.45, 2.75) is 177 Å². The molecule has 0 aliphatic heterocycles. The number of rotatable bonds is 38. The van der Waals surface area contributed by atoms with Crippen molar-refractivity contribution < 1.29 is 39.8 Å². The summed E-state index contributed by atoms with van der Waals surface area (Å²) in [6, 6.07) is 13.8. The Hall–Kier alpha value is 0.724. The Morgan fingerprint density at radius 1 is 0.235 bits per heavy atom. The van der Waals surface area contributed by atoms with Crippen LogP contribution in [0, 0.1) is 0 Å². The molecule has 0 aromatic rings. The molecule has 0 amide bonds. The van der Waals surface area contributed by atoms with Crippen molar-refractivity contribution in [3.8, 4) is 0 Å². The first-order valence-electron chi connectivity index (χ1n) is 20.5. The maximum atomic E-state index is 5.84. The number of hydrogen-bond acceptors (Lipinski definition) is 9. The van der Waals surface area contributed by atoms with Gasteiger partial charge in [0, 0.05) is 82.1 Å². The van der Waals surface area contributed by atoms with E-state index in [1.807, 2.05) is 0 Å². The highest BCUT2D eigenvalue weighted by Gasteiger charge is 2.43. The Balaban J connectivity index is 5.92. The molecule has 0 aliphatic carbocycles. The van der Waals surface area contributed by atoms with Crippen molar-refractivity contribution >= 4 is 42.6 Å². The Bertz CT molecular complexity index is 691. The first kappa shape index (κ1) is 51.7. The van der Waals surface area contributed by atoms with Gasteiger partial charge in [-0.1, -0.05) is 159 Å². The molecule has 0 heterocycles. The lowest BCUT2D eigenvalue weighted by molar-refractivity contribution is 0.123. The van der Waals surface area contributed by atoms with E-state index in [9.17, 15) is 0 Å². The molecule has 0 aromatic heterocycles. The van der Waals surface area contributed by atoms with E-state index in [0.717, 1.165) is 37.4 Å². The summed E-state index contributed by atoms with van der Waals surface area (Å²) in [5.41, 5.74) is 0. The maximum absolute atomic E-state index is 5.84. The molecule has 0 unspecified atom stereocenters. The van der Waals surface area contributed by atoms with Crippen LogP contribution in [0.3, 0.4) is 0 Å². The van der Waals surface area contributed by atoms with Gasteiger partial charge in [-0.05, 0) is 0 Å². The van der Waals surface area contributed by atoms with E-state index in [-0.39, 0.29) is 0 Å². The minimum atomic E-state index is -2.65. The van der Waals surface area contributed by atoms with E-state index in [4.69, 9.17) is 39.8 Å². The number of hydrogen-bond donors (Lipinski definition) is 0. The second-order valence-electron chi connectivity index (χ2n) is 15.0. The molecule has 14 heteroatoms. The minimum Gasteiger partial charge on any atom is -0.377 e. The normalized spacial score (nSPS) is 13.4. The zero-order valence-corrected chi connectivity index (χ0v) is 40.9. The van der Waals surface area contributed by atoms with Crippen LogP contribution in [0.15, 0.2) is 0 Å². The Kier molecular flexibility index (Phi) is 30.4. The summed E-state index contributed by atoms with van der Waals surface area (Å²) < 4.78 is 52.6. The van der Waals surface area contributed by atoms with Crippen LogP contribution in [0.25, 0.3) is 0 Å². The predicted octanol–water partition coefficient (Wildman–Crippen LogP) is 11.0. The molecule has 0 atom stereocenters. The van der Waals surface area contributed by atoms with E-state index in [1.54, 1.807) is 88.2 Å². The third-order valence-electron chi connectivity index (χ3n) is 12.0. The molecule has 308 valence electrons. The first-order valence-corrected chi connectivity index (χ1v) is 32.0. The van der Waals surface area contributed by atoms with Gasteiger partial charge in [0.25, 0.3) is 0 Å². The van der Waals surface area contributed by atoms with E-state index in [0.29, 0.717) is 0 Å². The fourth-order valence-electron chi connectivity index (χ4n) is 8.39. The Morgan fingerprint density at radius 2 is 0.431 bits per heavy atom. The monoisotopic (exact) mass is 815 g/mol. The summed E-state index contributed by atoms with van der Waals surface area (Å²) >= 11 is 0. The molecular formula is C37H86O9Si5. The summed E-state index contributed by atoms with van der Waals surface area (Å²) in [6.45, 7) is 7.13. The average molecular weight is 816 g/mol. The van der Waals surface area contributed by atoms with Gasteiger partial charge < -0.3 is 39.8 Å². The molecule has 51 heavy (non-hydrogen) atoms. The van der Waals surface area contributed by atoms with Crippen LogP contribution in [-0.4, -0.2) is 107 Å². The van der Waals surface area contributed by atoms with Gasteiger partial charge in [0.2, 0.25) is 0 Å². The van der Waals surface area contributed by atoms with Gasteiger partial charge in [0.1, 0.15) is 0 Å². The quantitative estimate of drug-likeness (QED) is 0.0447. The smallest absolute Gasteiger partial charge is 0.377 e. The summed E-state index contributed by atoms with van der Waals surface area (Å²) in [5.74, 6) is 0. The van der Waals surface area contributed by atoms with Crippen molar-refractivity contribution in [2.24, 2.45) is 0 Å². The molecule has 0 rings (SSSR count). The highest BCUT2D eigenvalue weighted by atomic mass is 28.4. The SMILES string of the molecule is CCCC[Si](CCCC)(CCCC)CCCCCCC[Si](CCC[Si](OC)(OC)OC)(CCC[Si](OC)(OC)OC)CCC[Si](OC)(OC)OC. The topological polar surface area (TPSA) is 83.1 Å². The van der Waals surface area contributed by atoms with Crippen LogP contribution >= 0.6 is 0 Å². The first-order chi connectivity index (χ1) is 24.6. The fraction of sp³-hybridized carbons (Fsp3) is 1.00. The lowest BCUT2D eigenvalue weighted by Crippen LogP contribution is -2.45. The molecular weight excluding hydrogens is 729 g/mol. The molecule has 0 spiro atoms. The summed E-state index contributed by atoms with van der Waals surface area (Å²) in [5, 5.41) is 0. The largest absolute Gasteiger partial charge is 0.500 e. The molecule has 0 bridgehead atoms. The van der Waals surface area contributed by atoms with Crippen molar-refractivity contribution in [3.05, 3.63) is 0 Å². The molecule has 0 aliphatic rings. The van der Waals surface area contributed by atoms with Crippen molar-refractivity contribution in [3.63, 3.8) is 0 Å². The molecule has 0 saturated heterocycles. The molecule has 9 nitrogen and oxygen atoms in total. The molecule has 0 radical (unpaired) electrons. The van der Waals surface area contributed by atoms with Crippen molar-refractivity contribution in [1.29, 1.82) is 0 Å². The Labute approximate surface area is 322 Å². The maximum Gasteiger partial charge on any atom is 0.500 e. The van der Waals surface area contributed by atoms with Gasteiger partial charge in [-0.3, -0.25) is 0 Å². The zero-order chi connectivity index (χ0) is 38.5. The second kappa shape index (κ2) is 29.9. The van der Waals surface area contributed by atoms with Gasteiger partial charge >= 0.3 is 26.4 Å². The molecule has 0 fully saturated rings. The third-order valence-corrected chi connectivity index (χ3v) is 31.8. The molecule has 0 N–H and O–H groups in total. The second-order valence-corrected chi connectivity index (χ2v) is 34.3. The highest BCUT2D eigenvalue weighted by Crippen LogP contribution is 2.38. The van der Waals surface area contributed by atoms with Crippen molar-refractivity contribution in [1.82, 2.24) is 0 Å². The van der Waals surface area contributed by atoms with Crippen LogP contribution in [0.2, 0.25) is 66.5 Å². The van der Waals surface area contributed by atoms with Crippen LogP contribution in [0.4, 0.5) is 0 Å². The highest BCUT2D eigenvalue weighted by molar-refractivity contribution is 6.80. The van der Waals surface area contributed by atoms with Gasteiger partial charge in [-0.2, -0.15) is 0 Å². The van der Waals surface area contributed by atoms with Crippen LogP contribution < -0.4 is 0 Å².